The van der Waals surface area contributed by atoms with Gasteiger partial charge < -0.3 is 19.7 Å². The molecule has 1 aromatic carbocycles. The average Bonchev–Trinajstić information content (AvgIpc) is 2.60. The van der Waals surface area contributed by atoms with Gasteiger partial charge in [0.1, 0.15) is 12.4 Å². The molecule has 2 rings (SSSR count). The number of allylic oxidation sites excluding steroid dienone is 1. The van der Waals surface area contributed by atoms with Crippen LogP contribution in [-0.4, -0.2) is 51.4 Å². The van der Waals surface area contributed by atoms with Gasteiger partial charge in [0.05, 0.1) is 13.2 Å². The zero-order valence-electron chi connectivity index (χ0n) is 14.3. The van der Waals surface area contributed by atoms with Gasteiger partial charge in [-0.2, -0.15) is 0 Å². The molecular weight excluding hydrogens is 288 g/mol. The third-order valence-electron chi connectivity index (χ3n) is 4.39. The van der Waals surface area contributed by atoms with Gasteiger partial charge in [0.15, 0.2) is 0 Å². The third-order valence-corrected chi connectivity index (χ3v) is 4.39. The molecule has 1 aliphatic rings. The molecule has 0 aromatic heterocycles. The SMILES string of the molecule is C=C(CC1CCN(CCOCCOc2ccccc2)CC1)NC. The highest BCUT2D eigenvalue weighted by Crippen LogP contribution is 2.22. The Kier molecular flexibility index (Phi) is 7.98. The van der Waals surface area contributed by atoms with E-state index in [1.807, 2.05) is 37.4 Å². The van der Waals surface area contributed by atoms with Gasteiger partial charge in [0.25, 0.3) is 0 Å². The number of ether oxygens (including phenoxy) is 2. The molecule has 0 radical (unpaired) electrons. The van der Waals surface area contributed by atoms with Gasteiger partial charge >= 0.3 is 0 Å². The van der Waals surface area contributed by atoms with Crippen LogP contribution in [-0.2, 0) is 4.74 Å². The monoisotopic (exact) mass is 318 g/mol. The van der Waals surface area contributed by atoms with E-state index in [1.54, 1.807) is 0 Å². The normalized spacial score (nSPS) is 16.2. The summed E-state index contributed by atoms with van der Waals surface area (Å²) in [5.74, 6) is 1.69. The van der Waals surface area contributed by atoms with Crippen molar-refractivity contribution in [3.05, 3.63) is 42.6 Å². The second kappa shape index (κ2) is 10.3. The summed E-state index contributed by atoms with van der Waals surface area (Å²) in [7, 11) is 1.95. The Balaban J connectivity index is 1.47. The van der Waals surface area contributed by atoms with E-state index in [1.165, 1.54) is 25.9 Å². The number of para-hydroxylation sites is 1. The van der Waals surface area contributed by atoms with Crippen molar-refractivity contribution >= 4 is 0 Å². The first-order valence-corrected chi connectivity index (χ1v) is 8.61. The summed E-state index contributed by atoms with van der Waals surface area (Å²) in [5.41, 5.74) is 1.16. The van der Waals surface area contributed by atoms with Crippen LogP contribution < -0.4 is 10.1 Å². The largest absolute Gasteiger partial charge is 0.491 e. The summed E-state index contributed by atoms with van der Waals surface area (Å²) >= 11 is 0. The molecule has 0 spiro atoms. The van der Waals surface area contributed by atoms with E-state index >= 15 is 0 Å². The number of benzene rings is 1. The molecule has 4 nitrogen and oxygen atoms in total. The van der Waals surface area contributed by atoms with Crippen molar-refractivity contribution < 1.29 is 9.47 Å². The maximum Gasteiger partial charge on any atom is 0.119 e. The van der Waals surface area contributed by atoms with E-state index in [4.69, 9.17) is 9.47 Å². The quantitative estimate of drug-likeness (QED) is 0.673. The van der Waals surface area contributed by atoms with Gasteiger partial charge in [-0.3, -0.25) is 0 Å². The van der Waals surface area contributed by atoms with Gasteiger partial charge in [-0.05, 0) is 50.4 Å². The molecule has 4 heteroatoms. The Morgan fingerprint density at radius 1 is 1.17 bits per heavy atom. The first kappa shape index (κ1) is 17.8. The first-order valence-electron chi connectivity index (χ1n) is 8.61. The zero-order valence-corrected chi connectivity index (χ0v) is 14.3. The first-order chi connectivity index (χ1) is 11.3. The van der Waals surface area contributed by atoms with Crippen LogP contribution in [0.25, 0.3) is 0 Å². The molecular formula is C19H30N2O2. The van der Waals surface area contributed by atoms with E-state index in [9.17, 15) is 0 Å². The second-order valence-corrected chi connectivity index (χ2v) is 6.12. The third kappa shape index (κ3) is 7.06. The number of nitrogens with zero attached hydrogens (tertiary/aromatic N) is 1. The van der Waals surface area contributed by atoms with Gasteiger partial charge in [-0.15, -0.1) is 0 Å². The predicted molar refractivity (Wildman–Crippen MR) is 94.7 cm³/mol. The molecule has 0 atom stereocenters. The lowest BCUT2D eigenvalue weighted by atomic mass is 9.92. The van der Waals surface area contributed by atoms with Crippen molar-refractivity contribution in [1.82, 2.24) is 10.2 Å². The minimum Gasteiger partial charge on any atom is -0.491 e. The number of likely N-dealkylation sites (tertiary alicyclic amines) is 1. The van der Waals surface area contributed by atoms with Crippen LogP contribution in [0.3, 0.4) is 0 Å². The predicted octanol–water partition coefficient (Wildman–Crippen LogP) is 2.92. The molecule has 0 amide bonds. The van der Waals surface area contributed by atoms with Crippen LogP contribution in [0.5, 0.6) is 5.75 Å². The fraction of sp³-hybridized carbons (Fsp3) is 0.579. The fourth-order valence-corrected chi connectivity index (χ4v) is 2.90. The lowest BCUT2D eigenvalue weighted by Gasteiger charge is -2.32. The van der Waals surface area contributed by atoms with Crippen LogP contribution in [0.2, 0.25) is 0 Å². The molecule has 1 N–H and O–H groups in total. The number of piperidine rings is 1. The Morgan fingerprint density at radius 2 is 1.91 bits per heavy atom. The second-order valence-electron chi connectivity index (χ2n) is 6.12. The molecule has 1 heterocycles. The number of hydrogen-bond donors (Lipinski definition) is 1. The standard InChI is InChI=1S/C19H30N2O2/c1-17(20-2)16-18-8-10-21(11-9-18)12-13-22-14-15-23-19-6-4-3-5-7-19/h3-7,18,20H,1,8-16H2,2H3. The lowest BCUT2D eigenvalue weighted by Crippen LogP contribution is -2.36. The maximum absolute atomic E-state index is 5.68. The highest BCUT2D eigenvalue weighted by Gasteiger charge is 2.19. The van der Waals surface area contributed by atoms with E-state index in [0.717, 1.165) is 36.9 Å². The summed E-state index contributed by atoms with van der Waals surface area (Å²) in [4.78, 5) is 2.50. The van der Waals surface area contributed by atoms with Gasteiger partial charge in [-0.1, -0.05) is 24.8 Å². The van der Waals surface area contributed by atoms with Gasteiger partial charge in [-0.25, -0.2) is 0 Å². The van der Waals surface area contributed by atoms with Gasteiger partial charge in [0, 0.05) is 19.3 Å². The minimum absolute atomic E-state index is 0.609. The molecule has 128 valence electrons. The number of hydrogen-bond acceptors (Lipinski definition) is 4. The Morgan fingerprint density at radius 3 is 2.61 bits per heavy atom. The number of nitrogens with one attached hydrogen (secondary N) is 1. The zero-order chi connectivity index (χ0) is 16.3. The highest BCUT2D eigenvalue weighted by molar-refractivity contribution is 5.20. The molecule has 23 heavy (non-hydrogen) atoms. The highest BCUT2D eigenvalue weighted by atomic mass is 16.5. The average molecular weight is 318 g/mol. The van der Waals surface area contributed by atoms with E-state index in [0.29, 0.717) is 13.2 Å². The van der Waals surface area contributed by atoms with Crippen molar-refractivity contribution in [2.45, 2.75) is 19.3 Å². The van der Waals surface area contributed by atoms with Gasteiger partial charge in [0.2, 0.25) is 0 Å². The smallest absolute Gasteiger partial charge is 0.119 e. The molecule has 1 aromatic rings. The van der Waals surface area contributed by atoms with Crippen molar-refractivity contribution in [3.63, 3.8) is 0 Å². The van der Waals surface area contributed by atoms with Crippen LogP contribution in [0, 0.1) is 5.92 Å². The van der Waals surface area contributed by atoms with E-state index in [-0.39, 0.29) is 0 Å². The van der Waals surface area contributed by atoms with Crippen molar-refractivity contribution in [2.24, 2.45) is 5.92 Å². The summed E-state index contributed by atoms with van der Waals surface area (Å²) in [6, 6.07) is 9.87. The molecule has 0 bridgehead atoms. The van der Waals surface area contributed by atoms with Crippen LogP contribution in [0.15, 0.2) is 42.6 Å². The van der Waals surface area contributed by atoms with Crippen LogP contribution in [0.1, 0.15) is 19.3 Å². The summed E-state index contributed by atoms with van der Waals surface area (Å²) in [6.07, 6.45) is 3.63. The van der Waals surface area contributed by atoms with Crippen molar-refractivity contribution in [1.29, 1.82) is 0 Å². The van der Waals surface area contributed by atoms with E-state index < -0.39 is 0 Å². The molecule has 1 aliphatic heterocycles. The summed E-state index contributed by atoms with van der Waals surface area (Å²) < 4.78 is 11.3. The van der Waals surface area contributed by atoms with Crippen molar-refractivity contribution in [3.8, 4) is 5.75 Å². The Hall–Kier alpha value is -1.52. The van der Waals surface area contributed by atoms with Crippen LogP contribution in [0.4, 0.5) is 0 Å². The molecule has 1 fully saturated rings. The molecule has 0 saturated carbocycles. The van der Waals surface area contributed by atoms with Crippen molar-refractivity contribution in [2.75, 3.05) is 46.5 Å². The lowest BCUT2D eigenvalue weighted by molar-refractivity contribution is 0.0698. The number of rotatable bonds is 10. The maximum atomic E-state index is 5.68. The van der Waals surface area contributed by atoms with Crippen LogP contribution >= 0.6 is 0 Å². The molecule has 0 unspecified atom stereocenters. The minimum atomic E-state index is 0.609. The topological polar surface area (TPSA) is 33.7 Å². The molecule has 1 saturated heterocycles. The fourth-order valence-electron chi connectivity index (χ4n) is 2.90. The summed E-state index contributed by atoms with van der Waals surface area (Å²) in [5, 5.41) is 3.15. The Bertz CT molecular complexity index is 442. The van der Waals surface area contributed by atoms with E-state index in [2.05, 4.69) is 16.8 Å². The molecule has 0 aliphatic carbocycles. The Labute approximate surface area is 140 Å². The summed E-state index contributed by atoms with van der Waals surface area (Å²) in [6.45, 7) is 9.43.